The van der Waals surface area contributed by atoms with Crippen molar-refractivity contribution in [1.82, 2.24) is 19.6 Å². The Morgan fingerprint density at radius 3 is 3.12 bits per heavy atom. The van der Waals surface area contributed by atoms with Crippen molar-refractivity contribution in [2.24, 2.45) is 5.92 Å². The summed E-state index contributed by atoms with van der Waals surface area (Å²) in [6, 6.07) is 3.72. The maximum absolute atomic E-state index is 12.4. The van der Waals surface area contributed by atoms with E-state index in [1.165, 1.54) is 0 Å². The van der Waals surface area contributed by atoms with Crippen molar-refractivity contribution in [1.29, 1.82) is 0 Å². The van der Waals surface area contributed by atoms with E-state index >= 15 is 0 Å². The van der Waals surface area contributed by atoms with Crippen LogP contribution in [-0.4, -0.2) is 60.1 Å². The second kappa shape index (κ2) is 7.77. The van der Waals surface area contributed by atoms with Crippen LogP contribution in [0.4, 0.5) is 0 Å². The quantitative estimate of drug-likeness (QED) is 0.786. The topological polar surface area (TPSA) is 58.9 Å². The second-order valence-electron chi connectivity index (χ2n) is 6.58. The fourth-order valence-corrected chi connectivity index (χ4v) is 3.31. The number of aryl methyl sites for hydroxylation is 1. The summed E-state index contributed by atoms with van der Waals surface area (Å²) in [5.74, 6) is 0.525. The first-order chi connectivity index (χ1) is 11.7. The molecule has 0 bridgehead atoms. The van der Waals surface area contributed by atoms with Crippen LogP contribution in [0.2, 0.25) is 0 Å². The van der Waals surface area contributed by atoms with Gasteiger partial charge in [-0.3, -0.25) is 4.79 Å². The van der Waals surface area contributed by atoms with E-state index in [1.54, 1.807) is 7.11 Å². The van der Waals surface area contributed by atoms with Gasteiger partial charge >= 0.3 is 0 Å². The largest absolute Gasteiger partial charge is 0.385 e. The minimum absolute atomic E-state index is 0.0129. The summed E-state index contributed by atoms with van der Waals surface area (Å²) in [6.07, 6.45) is 5.99. The highest BCUT2D eigenvalue weighted by atomic mass is 16.5. The highest BCUT2D eigenvalue weighted by Crippen LogP contribution is 2.16. The summed E-state index contributed by atoms with van der Waals surface area (Å²) >= 11 is 0. The van der Waals surface area contributed by atoms with Crippen LogP contribution in [0.25, 0.3) is 5.65 Å². The van der Waals surface area contributed by atoms with E-state index in [2.05, 4.69) is 15.2 Å². The minimum atomic E-state index is -0.0129. The second-order valence-corrected chi connectivity index (χ2v) is 6.58. The van der Waals surface area contributed by atoms with Crippen molar-refractivity contribution in [3.63, 3.8) is 0 Å². The molecular formula is C18H26N4O2. The number of carbonyl (C=O) groups excluding carboxylic acids is 1. The Kier molecular flexibility index (Phi) is 5.48. The Morgan fingerprint density at radius 2 is 2.29 bits per heavy atom. The Labute approximate surface area is 142 Å². The van der Waals surface area contributed by atoms with Gasteiger partial charge in [0.2, 0.25) is 0 Å². The van der Waals surface area contributed by atoms with Gasteiger partial charge in [0.05, 0.1) is 11.3 Å². The molecule has 6 nitrogen and oxygen atoms in total. The molecule has 3 rings (SSSR count). The first-order valence-electron chi connectivity index (χ1n) is 8.60. The smallest absolute Gasteiger partial charge is 0.252 e. The maximum Gasteiger partial charge on any atom is 0.252 e. The molecule has 0 aliphatic carbocycles. The zero-order valence-corrected chi connectivity index (χ0v) is 14.5. The molecular weight excluding hydrogens is 304 g/mol. The number of aromatic nitrogens is 2. The number of hydrogen-bond donors (Lipinski definition) is 1. The average Bonchev–Trinajstić information content (AvgIpc) is 3.17. The molecule has 130 valence electrons. The normalized spacial score (nSPS) is 18.3. The van der Waals surface area contributed by atoms with Gasteiger partial charge in [0.25, 0.3) is 5.91 Å². The lowest BCUT2D eigenvalue weighted by atomic mass is 10.1. The molecule has 0 spiro atoms. The van der Waals surface area contributed by atoms with E-state index in [0.717, 1.165) is 57.0 Å². The lowest BCUT2D eigenvalue weighted by Gasteiger charge is -2.16. The van der Waals surface area contributed by atoms with Crippen molar-refractivity contribution in [3.8, 4) is 0 Å². The summed E-state index contributed by atoms with van der Waals surface area (Å²) in [6.45, 7) is 6.75. The zero-order valence-electron chi connectivity index (χ0n) is 14.5. The van der Waals surface area contributed by atoms with Gasteiger partial charge in [-0.25, -0.2) is 4.98 Å². The maximum atomic E-state index is 12.4. The fourth-order valence-electron chi connectivity index (χ4n) is 3.31. The molecule has 1 saturated heterocycles. The van der Waals surface area contributed by atoms with E-state index < -0.39 is 0 Å². The van der Waals surface area contributed by atoms with Gasteiger partial charge in [-0.2, -0.15) is 0 Å². The molecule has 3 heterocycles. The molecule has 1 amide bonds. The standard InChI is InChI=1S/C18H26N4O2/c1-14-11-22-13-16(4-5-17(22)20-14)18(23)19-10-15-6-8-21(12-15)7-3-9-24-2/h4-5,11,13,15H,3,6-10,12H2,1-2H3,(H,19,23)/t15-/m0/s1. The van der Waals surface area contributed by atoms with E-state index in [-0.39, 0.29) is 5.91 Å². The lowest BCUT2D eigenvalue weighted by Crippen LogP contribution is -2.31. The van der Waals surface area contributed by atoms with Gasteiger partial charge in [-0.15, -0.1) is 0 Å². The predicted molar refractivity (Wildman–Crippen MR) is 93.3 cm³/mol. The Balaban J connectivity index is 1.48. The molecule has 24 heavy (non-hydrogen) atoms. The van der Waals surface area contributed by atoms with E-state index in [1.807, 2.05) is 35.9 Å². The predicted octanol–water partition coefficient (Wildman–Crippen LogP) is 1.73. The molecule has 1 atom stereocenters. The number of nitrogens with one attached hydrogen (secondary N) is 1. The van der Waals surface area contributed by atoms with Gasteiger partial charge < -0.3 is 19.4 Å². The molecule has 1 fully saturated rings. The number of nitrogens with zero attached hydrogens (tertiary/aromatic N) is 3. The van der Waals surface area contributed by atoms with Gasteiger partial charge in [-0.1, -0.05) is 0 Å². The van der Waals surface area contributed by atoms with Gasteiger partial charge in [-0.05, 0) is 44.4 Å². The van der Waals surface area contributed by atoms with Crippen LogP contribution in [-0.2, 0) is 4.74 Å². The summed E-state index contributed by atoms with van der Waals surface area (Å²) in [5, 5.41) is 3.08. The molecule has 0 unspecified atom stereocenters. The van der Waals surface area contributed by atoms with Gasteiger partial charge in [0.15, 0.2) is 0 Å². The third-order valence-corrected chi connectivity index (χ3v) is 4.58. The number of pyridine rings is 1. The minimum Gasteiger partial charge on any atom is -0.385 e. The average molecular weight is 330 g/mol. The highest BCUT2D eigenvalue weighted by molar-refractivity contribution is 5.94. The monoisotopic (exact) mass is 330 g/mol. The van der Waals surface area contributed by atoms with Gasteiger partial charge in [0.1, 0.15) is 5.65 Å². The Bertz CT molecular complexity index is 697. The number of imidazole rings is 1. The zero-order chi connectivity index (χ0) is 16.9. The number of ether oxygens (including phenoxy) is 1. The summed E-state index contributed by atoms with van der Waals surface area (Å²) in [5.41, 5.74) is 2.49. The van der Waals surface area contributed by atoms with E-state index in [9.17, 15) is 4.79 Å². The van der Waals surface area contributed by atoms with Crippen molar-refractivity contribution in [2.45, 2.75) is 19.8 Å². The van der Waals surface area contributed by atoms with Crippen LogP contribution in [0.5, 0.6) is 0 Å². The molecule has 2 aromatic heterocycles. The number of fused-ring (bicyclic) bond motifs is 1. The molecule has 1 N–H and O–H groups in total. The molecule has 0 aromatic carbocycles. The Morgan fingerprint density at radius 1 is 1.42 bits per heavy atom. The van der Waals surface area contributed by atoms with Crippen molar-refractivity contribution >= 4 is 11.6 Å². The fraction of sp³-hybridized carbons (Fsp3) is 0.556. The number of carbonyl (C=O) groups is 1. The molecule has 1 aliphatic rings. The summed E-state index contributed by atoms with van der Waals surface area (Å²) < 4.78 is 7.00. The first-order valence-corrected chi connectivity index (χ1v) is 8.60. The number of hydrogen-bond acceptors (Lipinski definition) is 4. The SMILES string of the molecule is COCCCN1CC[C@@H](CNC(=O)c2ccc3nc(C)cn3c2)C1. The third kappa shape index (κ3) is 4.13. The number of likely N-dealkylation sites (tertiary alicyclic amines) is 1. The molecule has 1 aliphatic heterocycles. The van der Waals surface area contributed by atoms with Crippen LogP contribution in [0.1, 0.15) is 28.9 Å². The van der Waals surface area contributed by atoms with Crippen LogP contribution in [0.3, 0.4) is 0 Å². The van der Waals surface area contributed by atoms with Crippen LogP contribution >= 0.6 is 0 Å². The van der Waals surface area contributed by atoms with Crippen molar-refractivity contribution in [2.75, 3.05) is 39.9 Å². The molecule has 0 saturated carbocycles. The van der Waals surface area contributed by atoms with Crippen molar-refractivity contribution < 1.29 is 9.53 Å². The highest BCUT2D eigenvalue weighted by Gasteiger charge is 2.22. The van der Waals surface area contributed by atoms with E-state index in [0.29, 0.717) is 11.5 Å². The van der Waals surface area contributed by atoms with Crippen LogP contribution in [0.15, 0.2) is 24.5 Å². The van der Waals surface area contributed by atoms with E-state index in [4.69, 9.17) is 4.74 Å². The third-order valence-electron chi connectivity index (χ3n) is 4.58. The van der Waals surface area contributed by atoms with Gasteiger partial charge in [0, 0.05) is 45.7 Å². The molecule has 6 heteroatoms. The number of methoxy groups -OCH3 is 1. The first kappa shape index (κ1) is 16.9. The lowest BCUT2D eigenvalue weighted by molar-refractivity contribution is 0.0947. The number of rotatable bonds is 7. The van der Waals surface area contributed by atoms with Crippen LogP contribution < -0.4 is 5.32 Å². The van der Waals surface area contributed by atoms with Crippen molar-refractivity contribution in [3.05, 3.63) is 35.8 Å². The summed E-state index contributed by atoms with van der Waals surface area (Å²) in [4.78, 5) is 19.2. The number of amides is 1. The summed E-state index contributed by atoms with van der Waals surface area (Å²) in [7, 11) is 1.74. The molecule has 2 aromatic rings. The van der Waals surface area contributed by atoms with Crippen LogP contribution in [0, 0.1) is 12.8 Å². The Hall–Kier alpha value is -1.92. The molecule has 0 radical (unpaired) electrons.